The van der Waals surface area contributed by atoms with E-state index in [1.54, 1.807) is 5.57 Å². The lowest BCUT2D eigenvalue weighted by molar-refractivity contribution is -0.151. The molecule has 8 atom stereocenters. The van der Waals surface area contributed by atoms with Gasteiger partial charge < -0.3 is 9.84 Å². The van der Waals surface area contributed by atoms with Crippen molar-refractivity contribution in [2.24, 2.45) is 46.3 Å². The van der Waals surface area contributed by atoms with Gasteiger partial charge in [0.1, 0.15) is 11.9 Å². The van der Waals surface area contributed by atoms with Crippen molar-refractivity contribution in [1.82, 2.24) is 0 Å². The fraction of sp³-hybridized carbons (Fsp3) is 0.865. The van der Waals surface area contributed by atoms with Crippen LogP contribution in [0.2, 0.25) is 0 Å². The van der Waals surface area contributed by atoms with Gasteiger partial charge >= 0.3 is 11.9 Å². The standard InChI is InChI=1S/C37H60O5/c1-25(2)10-9-11-26(3)31-17-18-32-30-16-14-27-24-29(20-22-36(27,4)33(30)21-23-37(31,32)5)42-35(41)13-8-6-7-12-28(38)15-19-34(39)40/h14,25-26,29-33H,6-13,15-24H2,1-5H3,(H,39,40)/t26-,29?,30?,31-,32?,33?,36+,37-/m1/s1. The monoisotopic (exact) mass is 584 g/mol. The molecule has 0 aliphatic heterocycles. The topological polar surface area (TPSA) is 80.7 Å². The Labute approximate surface area is 256 Å². The fourth-order valence-electron chi connectivity index (χ4n) is 10.1. The summed E-state index contributed by atoms with van der Waals surface area (Å²) in [6.45, 7) is 12.5. The highest BCUT2D eigenvalue weighted by molar-refractivity contribution is 5.82. The Hall–Kier alpha value is -1.65. The van der Waals surface area contributed by atoms with E-state index in [-0.39, 0.29) is 36.1 Å². The molecule has 4 unspecified atom stereocenters. The Morgan fingerprint density at radius 3 is 2.38 bits per heavy atom. The van der Waals surface area contributed by atoms with Crippen LogP contribution in [0.25, 0.3) is 0 Å². The van der Waals surface area contributed by atoms with E-state index < -0.39 is 5.97 Å². The summed E-state index contributed by atoms with van der Waals surface area (Å²) in [6.07, 6.45) is 19.6. The Bertz CT molecular complexity index is 983. The molecule has 0 aromatic heterocycles. The number of carboxylic acid groups (broad SMARTS) is 1. The molecule has 0 aromatic carbocycles. The first-order valence-corrected chi connectivity index (χ1v) is 17.6. The van der Waals surface area contributed by atoms with Crippen molar-refractivity contribution >= 4 is 17.7 Å². The first-order chi connectivity index (χ1) is 19.9. The largest absolute Gasteiger partial charge is 0.481 e. The Kier molecular flexibility index (Phi) is 11.4. The van der Waals surface area contributed by atoms with Gasteiger partial charge in [-0.15, -0.1) is 0 Å². The SMILES string of the molecule is CC(C)CCC[C@@H](C)[C@H]1CCC2C3CC=C4CC(OC(=O)CCCCCC(=O)CCC(=O)O)CC[C@]4(C)C3CC[C@@]21C. The van der Waals surface area contributed by atoms with Crippen molar-refractivity contribution in [3.63, 3.8) is 0 Å². The fourth-order valence-corrected chi connectivity index (χ4v) is 10.1. The van der Waals surface area contributed by atoms with Crippen LogP contribution >= 0.6 is 0 Å². The number of carboxylic acids is 1. The summed E-state index contributed by atoms with van der Waals surface area (Å²) >= 11 is 0. The van der Waals surface area contributed by atoms with Crippen molar-refractivity contribution < 1.29 is 24.2 Å². The molecular weight excluding hydrogens is 524 g/mol. The van der Waals surface area contributed by atoms with Gasteiger partial charge in [0.25, 0.3) is 0 Å². The van der Waals surface area contributed by atoms with Crippen LogP contribution in [0.15, 0.2) is 11.6 Å². The van der Waals surface area contributed by atoms with E-state index in [0.717, 1.165) is 67.6 Å². The van der Waals surface area contributed by atoms with Gasteiger partial charge in [0, 0.05) is 25.7 Å². The Morgan fingerprint density at radius 2 is 1.64 bits per heavy atom. The number of rotatable bonds is 15. The number of unbranched alkanes of at least 4 members (excludes halogenated alkanes) is 2. The molecule has 5 heteroatoms. The number of allylic oxidation sites excluding steroid dienone is 1. The zero-order valence-electron chi connectivity index (χ0n) is 27.4. The lowest BCUT2D eigenvalue weighted by Crippen LogP contribution is -2.51. The second-order valence-corrected chi connectivity index (χ2v) is 15.6. The summed E-state index contributed by atoms with van der Waals surface area (Å²) in [4.78, 5) is 35.0. The number of ether oxygens (including phenoxy) is 1. The molecule has 0 radical (unpaired) electrons. The third-order valence-electron chi connectivity index (χ3n) is 12.5. The van der Waals surface area contributed by atoms with E-state index in [9.17, 15) is 14.4 Å². The molecule has 0 heterocycles. The predicted octanol–water partition coefficient (Wildman–Crippen LogP) is 9.32. The number of carbonyl (C=O) groups is 3. The Morgan fingerprint density at radius 1 is 0.881 bits per heavy atom. The maximum Gasteiger partial charge on any atom is 0.306 e. The number of aliphatic carboxylic acids is 1. The van der Waals surface area contributed by atoms with Gasteiger partial charge in [0.15, 0.2) is 0 Å². The third-order valence-corrected chi connectivity index (χ3v) is 12.5. The van der Waals surface area contributed by atoms with Crippen molar-refractivity contribution in [2.75, 3.05) is 0 Å². The molecule has 42 heavy (non-hydrogen) atoms. The van der Waals surface area contributed by atoms with Crippen LogP contribution in [0.1, 0.15) is 150 Å². The maximum absolute atomic E-state index is 12.6. The zero-order chi connectivity index (χ0) is 30.5. The van der Waals surface area contributed by atoms with E-state index in [4.69, 9.17) is 9.84 Å². The van der Waals surface area contributed by atoms with Crippen LogP contribution < -0.4 is 0 Å². The molecule has 4 rings (SSSR count). The normalized spacial score (nSPS) is 34.6. The smallest absolute Gasteiger partial charge is 0.306 e. The lowest BCUT2D eigenvalue weighted by Gasteiger charge is -2.58. The van der Waals surface area contributed by atoms with Crippen molar-refractivity contribution in [2.45, 2.75) is 156 Å². The molecule has 1 N–H and O–H groups in total. The van der Waals surface area contributed by atoms with Gasteiger partial charge in [-0.25, -0.2) is 0 Å². The highest BCUT2D eigenvalue weighted by Gasteiger charge is 2.59. The van der Waals surface area contributed by atoms with Crippen molar-refractivity contribution in [1.29, 1.82) is 0 Å². The van der Waals surface area contributed by atoms with E-state index in [0.29, 0.717) is 24.7 Å². The summed E-state index contributed by atoms with van der Waals surface area (Å²) in [6, 6.07) is 0. The van der Waals surface area contributed by atoms with E-state index >= 15 is 0 Å². The maximum atomic E-state index is 12.6. The molecule has 3 saturated carbocycles. The number of esters is 1. The number of hydrogen-bond donors (Lipinski definition) is 1. The molecule has 0 spiro atoms. The van der Waals surface area contributed by atoms with Crippen LogP contribution in [0.5, 0.6) is 0 Å². The molecule has 5 nitrogen and oxygen atoms in total. The molecule has 238 valence electrons. The molecule has 4 aliphatic carbocycles. The van der Waals surface area contributed by atoms with E-state index in [1.807, 2.05) is 0 Å². The second kappa shape index (κ2) is 14.4. The molecular formula is C37H60O5. The van der Waals surface area contributed by atoms with Gasteiger partial charge in [0.05, 0.1) is 6.42 Å². The first-order valence-electron chi connectivity index (χ1n) is 17.6. The summed E-state index contributed by atoms with van der Waals surface area (Å²) in [5.41, 5.74) is 2.34. The highest BCUT2D eigenvalue weighted by Crippen LogP contribution is 2.67. The quantitative estimate of drug-likeness (QED) is 0.118. The second-order valence-electron chi connectivity index (χ2n) is 15.6. The minimum atomic E-state index is -0.931. The predicted molar refractivity (Wildman–Crippen MR) is 168 cm³/mol. The average Bonchev–Trinajstić information content (AvgIpc) is 3.29. The number of carbonyl (C=O) groups excluding carboxylic acids is 2. The van der Waals surface area contributed by atoms with Crippen LogP contribution in [0.4, 0.5) is 0 Å². The summed E-state index contributed by atoms with van der Waals surface area (Å²) in [5.74, 6) is 3.97. The number of fused-ring (bicyclic) bond motifs is 5. The molecule has 0 saturated heterocycles. The van der Waals surface area contributed by atoms with Crippen LogP contribution in [-0.2, 0) is 19.1 Å². The average molecular weight is 585 g/mol. The summed E-state index contributed by atoms with van der Waals surface area (Å²) in [7, 11) is 0. The minimum absolute atomic E-state index is 0.00220. The van der Waals surface area contributed by atoms with Gasteiger partial charge in [-0.05, 0) is 104 Å². The first kappa shape index (κ1) is 33.2. The van der Waals surface area contributed by atoms with E-state index in [2.05, 4.69) is 40.7 Å². The van der Waals surface area contributed by atoms with Crippen LogP contribution in [-0.4, -0.2) is 28.9 Å². The van der Waals surface area contributed by atoms with Gasteiger partial charge in [-0.1, -0.05) is 72.0 Å². The Balaban J connectivity index is 1.24. The number of ketones is 1. The molecule has 0 aromatic rings. The van der Waals surface area contributed by atoms with E-state index in [1.165, 1.54) is 51.4 Å². The zero-order valence-corrected chi connectivity index (χ0v) is 27.4. The lowest BCUT2D eigenvalue weighted by atomic mass is 9.47. The number of Topliss-reactive ketones (excluding diaryl/α,β-unsaturated/α-hetero) is 1. The highest BCUT2D eigenvalue weighted by atomic mass is 16.5. The van der Waals surface area contributed by atoms with Gasteiger partial charge in [-0.3, -0.25) is 14.4 Å². The number of hydrogen-bond acceptors (Lipinski definition) is 4. The third kappa shape index (κ3) is 7.70. The summed E-state index contributed by atoms with van der Waals surface area (Å²) in [5, 5.41) is 8.69. The van der Waals surface area contributed by atoms with Gasteiger partial charge in [0.2, 0.25) is 0 Å². The van der Waals surface area contributed by atoms with Crippen LogP contribution in [0, 0.1) is 46.3 Å². The molecule has 0 bridgehead atoms. The van der Waals surface area contributed by atoms with Crippen LogP contribution in [0.3, 0.4) is 0 Å². The molecule has 3 fully saturated rings. The summed E-state index contributed by atoms with van der Waals surface area (Å²) < 4.78 is 5.97. The molecule has 0 amide bonds. The van der Waals surface area contributed by atoms with Crippen molar-refractivity contribution in [3.05, 3.63) is 11.6 Å². The molecule has 4 aliphatic rings. The van der Waals surface area contributed by atoms with Gasteiger partial charge in [-0.2, -0.15) is 0 Å². The van der Waals surface area contributed by atoms with Crippen molar-refractivity contribution in [3.8, 4) is 0 Å². The minimum Gasteiger partial charge on any atom is -0.481 e.